The highest BCUT2D eigenvalue weighted by Crippen LogP contribution is 2.19. The molecule has 0 aliphatic carbocycles. The van der Waals surface area contributed by atoms with Gasteiger partial charge in [0.25, 0.3) is 0 Å². The number of hydrogen-bond donors (Lipinski definition) is 0. The lowest BCUT2D eigenvalue weighted by Crippen LogP contribution is -2.10. The van der Waals surface area contributed by atoms with Gasteiger partial charge in [-0.05, 0) is 36.0 Å². The van der Waals surface area contributed by atoms with Gasteiger partial charge in [0.1, 0.15) is 0 Å². The van der Waals surface area contributed by atoms with E-state index in [1.165, 1.54) is 19.1 Å². The summed E-state index contributed by atoms with van der Waals surface area (Å²) in [5.74, 6) is 1.13. The van der Waals surface area contributed by atoms with Crippen LogP contribution < -0.4 is 0 Å². The van der Waals surface area contributed by atoms with E-state index in [0.29, 0.717) is 11.5 Å². The van der Waals surface area contributed by atoms with E-state index in [4.69, 9.17) is 0 Å². The predicted octanol–water partition coefficient (Wildman–Crippen LogP) is 4.72. The molecule has 19 heavy (non-hydrogen) atoms. The molecule has 0 heterocycles. The van der Waals surface area contributed by atoms with Gasteiger partial charge in [-0.1, -0.05) is 53.2 Å². The van der Waals surface area contributed by atoms with E-state index in [-0.39, 0.29) is 5.97 Å². The second-order valence-corrected chi connectivity index (χ2v) is 4.76. The Morgan fingerprint density at radius 1 is 1.11 bits per heavy atom. The molecule has 1 aromatic carbocycles. The normalized spacial score (nSPS) is 12.9. The first-order valence-electron chi connectivity index (χ1n) is 7.25. The number of ether oxygens (including phenoxy) is 1. The first-order chi connectivity index (χ1) is 9.08. The summed E-state index contributed by atoms with van der Waals surface area (Å²) in [6, 6.07) is 7.71. The lowest BCUT2D eigenvalue weighted by molar-refractivity contribution is 0.0600. The largest absolute Gasteiger partial charge is 0.465 e. The third-order valence-corrected chi connectivity index (χ3v) is 3.55. The highest BCUT2D eigenvalue weighted by molar-refractivity contribution is 5.89. The summed E-state index contributed by atoms with van der Waals surface area (Å²) < 4.78 is 4.67. The standard InChI is InChI=1S/C15H22O2.C2H6/c1-5-11(2)12(3)10-13-6-8-14(9-7-13)15(16)17-4;1-2/h6-9,11-12H,5,10H2,1-4H3;1-2H3. The first kappa shape index (κ1) is 17.7. The minimum absolute atomic E-state index is 0.272. The third kappa shape index (κ3) is 5.91. The number of methoxy groups -OCH3 is 1. The molecule has 2 nitrogen and oxygen atoms in total. The van der Waals surface area contributed by atoms with Crippen LogP contribution in [-0.2, 0) is 11.2 Å². The predicted molar refractivity (Wildman–Crippen MR) is 81.5 cm³/mol. The Balaban J connectivity index is 0.00000154. The summed E-state index contributed by atoms with van der Waals surface area (Å²) in [6.07, 6.45) is 2.28. The van der Waals surface area contributed by atoms with E-state index in [9.17, 15) is 4.79 Å². The lowest BCUT2D eigenvalue weighted by Gasteiger charge is -2.18. The fourth-order valence-corrected chi connectivity index (χ4v) is 1.87. The number of esters is 1. The van der Waals surface area contributed by atoms with Crippen LogP contribution in [-0.4, -0.2) is 13.1 Å². The maximum atomic E-state index is 11.3. The summed E-state index contributed by atoms with van der Waals surface area (Å²) in [7, 11) is 1.40. The molecular formula is C17H28O2. The lowest BCUT2D eigenvalue weighted by atomic mass is 9.88. The number of hydrogen-bond acceptors (Lipinski definition) is 2. The topological polar surface area (TPSA) is 26.3 Å². The smallest absolute Gasteiger partial charge is 0.337 e. The zero-order chi connectivity index (χ0) is 14.8. The zero-order valence-electron chi connectivity index (χ0n) is 13.2. The molecule has 2 heteroatoms. The molecule has 1 aromatic rings. The van der Waals surface area contributed by atoms with Crippen LogP contribution in [0, 0.1) is 11.8 Å². The Morgan fingerprint density at radius 3 is 2.05 bits per heavy atom. The maximum absolute atomic E-state index is 11.3. The molecule has 0 N–H and O–H groups in total. The van der Waals surface area contributed by atoms with Gasteiger partial charge in [-0.15, -0.1) is 0 Å². The van der Waals surface area contributed by atoms with Crippen molar-refractivity contribution in [2.75, 3.05) is 7.11 Å². The van der Waals surface area contributed by atoms with Crippen molar-refractivity contribution in [2.45, 2.75) is 47.5 Å². The Morgan fingerprint density at radius 2 is 1.63 bits per heavy atom. The van der Waals surface area contributed by atoms with E-state index in [1.54, 1.807) is 0 Å². The summed E-state index contributed by atoms with van der Waals surface area (Å²) in [4.78, 5) is 11.3. The molecule has 0 fully saturated rings. The van der Waals surface area contributed by atoms with Gasteiger partial charge in [0, 0.05) is 0 Å². The van der Waals surface area contributed by atoms with Gasteiger partial charge in [0.05, 0.1) is 12.7 Å². The molecule has 0 saturated carbocycles. The van der Waals surface area contributed by atoms with E-state index < -0.39 is 0 Å². The van der Waals surface area contributed by atoms with Gasteiger partial charge in [0.15, 0.2) is 0 Å². The van der Waals surface area contributed by atoms with E-state index in [1.807, 2.05) is 38.1 Å². The second kappa shape index (κ2) is 9.60. The quantitative estimate of drug-likeness (QED) is 0.719. The van der Waals surface area contributed by atoms with Gasteiger partial charge in [-0.2, -0.15) is 0 Å². The molecule has 0 bridgehead atoms. The number of rotatable bonds is 5. The molecular weight excluding hydrogens is 236 g/mol. The van der Waals surface area contributed by atoms with Crippen molar-refractivity contribution in [3.8, 4) is 0 Å². The minimum atomic E-state index is -0.272. The van der Waals surface area contributed by atoms with Crippen LogP contribution in [0.3, 0.4) is 0 Å². The minimum Gasteiger partial charge on any atom is -0.465 e. The van der Waals surface area contributed by atoms with Crippen LogP contribution in [0.5, 0.6) is 0 Å². The number of carbonyl (C=O) groups is 1. The van der Waals surface area contributed by atoms with E-state index in [0.717, 1.165) is 12.3 Å². The maximum Gasteiger partial charge on any atom is 0.337 e. The van der Waals surface area contributed by atoms with Gasteiger partial charge >= 0.3 is 5.97 Å². The van der Waals surface area contributed by atoms with Crippen molar-refractivity contribution in [2.24, 2.45) is 11.8 Å². The SMILES string of the molecule is CC.CCC(C)C(C)Cc1ccc(C(=O)OC)cc1. The van der Waals surface area contributed by atoms with Gasteiger partial charge in [0.2, 0.25) is 0 Å². The second-order valence-electron chi connectivity index (χ2n) is 4.76. The molecule has 0 aliphatic heterocycles. The van der Waals surface area contributed by atoms with Crippen molar-refractivity contribution < 1.29 is 9.53 Å². The molecule has 0 saturated heterocycles. The van der Waals surface area contributed by atoms with Crippen LogP contribution in [0.1, 0.15) is 57.0 Å². The highest BCUT2D eigenvalue weighted by Gasteiger charge is 2.11. The Bertz CT molecular complexity index is 354. The number of benzene rings is 1. The molecule has 2 unspecified atom stereocenters. The average Bonchev–Trinajstić information content (AvgIpc) is 2.48. The van der Waals surface area contributed by atoms with Crippen molar-refractivity contribution in [1.82, 2.24) is 0 Å². The van der Waals surface area contributed by atoms with E-state index in [2.05, 4.69) is 25.5 Å². The molecule has 0 amide bonds. The molecule has 0 aliphatic rings. The van der Waals surface area contributed by atoms with Crippen LogP contribution in [0.4, 0.5) is 0 Å². The van der Waals surface area contributed by atoms with Gasteiger partial charge < -0.3 is 4.74 Å². The summed E-state index contributed by atoms with van der Waals surface area (Å²) in [6.45, 7) is 10.8. The molecule has 0 radical (unpaired) electrons. The molecule has 0 aromatic heterocycles. The highest BCUT2D eigenvalue weighted by atomic mass is 16.5. The molecule has 0 spiro atoms. The Hall–Kier alpha value is -1.31. The average molecular weight is 264 g/mol. The molecule has 1 rings (SSSR count). The van der Waals surface area contributed by atoms with Crippen molar-refractivity contribution in [1.29, 1.82) is 0 Å². The van der Waals surface area contributed by atoms with Crippen LogP contribution in [0.25, 0.3) is 0 Å². The Labute approximate surface area is 118 Å². The third-order valence-electron chi connectivity index (χ3n) is 3.55. The first-order valence-corrected chi connectivity index (χ1v) is 7.25. The number of carbonyl (C=O) groups excluding carboxylic acids is 1. The fraction of sp³-hybridized carbons (Fsp3) is 0.588. The fourth-order valence-electron chi connectivity index (χ4n) is 1.87. The van der Waals surface area contributed by atoms with Gasteiger partial charge in [-0.25, -0.2) is 4.79 Å². The van der Waals surface area contributed by atoms with Crippen molar-refractivity contribution in [3.05, 3.63) is 35.4 Å². The summed E-state index contributed by atoms with van der Waals surface area (Å²) >= 11 is 0. The monoisotopic (exact) mass is 264 g/mol. The molecule has 108 valence electrons. The van der Waals surface area contributed by atoms with Crippen molar-refractivity contribution >= 4 is 5.97 Å². The summed E-state index contributed by atoms with van der Waals surface area (Å²) in [5.41, 5.74) is 1.90. The Kier molecular flexibility index (Phi) is 8.94. The van der Waals surface area contributed by atoms with Crippen LogP contribution >= 0.6 is 0 Å². The van der Waals surface area contributed by atoms with E-state index >= 15 is 0 Å². The van der Waals surface area contributed by atoms with Crippen molar-refractivity contribution in [3.63, 3.8) is 0 Å². The van der Waals surface area contributed by atoms with Gasteiger partial charge in [-0.3, -0.25) is 0 Å². The van der Waals surface area contributed by atoms with Crippen LogP contribution in [0.2, 0.25) is 0 Å². The summed E-state index contributed by atoms with van der Waals surface area (Å²) in [5, 5.41) is 0. The zero-order valence-corrected chi connectivity index (χ0v) is 13.2. The van der Waals surface area contributed by atoms with Crippen LogP contribution in [0.15, 0.2) is 24.3 Å². The molecule has 2 atom stereocenters.